The van der Waals surface area contributed by atoms with Crippen LogP contribution in [-0.2, 0) is 6.54 Å². The number of nitrogens with zero attached hydrogens (tertiary/aromatic N) is 3. The number of amides is 1. The van der Waals surface area contributed by atoms with Crippen molar-refractivity contribution in [3.8, 4) is 0 Å². The lowest BCUT2D eigenvalue weighted by molar-refractivity contribution is 0.0946. The maximum Gasteiger partial charge on any atom is 0.270 e. The monoisotopic (exact) mass is 346 g/mol. The lowest BCUT2D eigenvalue weighted by atomic mass is 10.2. The highest BCUT2D eigenvalue weighted by Crippen LogP contribution is 2.25. The van der Waals surface area contributed by atoms with Crippen molar-refractivity contribution in [3.05, 3.63) is 83.9 Å². The molecule has 0 fully saturated rings. The van der Waals surface area contributed by atoms with Crippen LogP contribution in [0.3, 0.4) is 0 Å². The summed E-state index contributed by atoms with van der Waals surface area (Å²) in [6, 6.07) is 15.8. The highest BCUT2D eigenvalue weighted by Gasteiger charge is 2.12. The van der Waals surface area contributed by atoms with Gasteiger partial charge in [0.25, 0.3) is 5.91 Å². The van der Waals surface area contributed by atoms with Crippen LogP contribution >= 0.6 is 0 Å². The van der Waals surface area contributed by atoms with Crippen LogP contribution in [0.2, 0.25) is 0 Å². The summed E-state index contributed by atoms with van der Waals surface area (Å²) < 4.78 is 0. The molecule has 0 spiro atoms. The molecule has 0 saturated heterocycles. The van der Waals surface area contributed by atoms with Gasteiger partial charge in [0, 0.05) is 43.1 Å². The van der Waals surface area contributed by atoms with Gasteiger partial charge in [0.05, 0.1) is 0 Å². The Morgan fingerprint density at radius 3 is 2.54 bits per heavy atom. The van der Waals surface area contributed by atoms with E-state index in [0.29, 0.717) is 12.2 Å². The Hall–Kier alpha value is -3.21. The van der Waals surface area contributed by atoms with Crippen molar-refractivity contribution in [2.45, 2.75) is 20.4 Å². The molecule has 3 aromatic rings. The maximum absolute atomic E-state index is 12.5. The van der Waals surface area contributed by atoms with Crippen molar-refractivity contribution in [1.29, 1.82) is 0 Å². The van der Waals surface area contributed by atoms with Crippen LogP contribution in [0.4, 0.5) is 11.4 Å². The van der Waals surface area contributed by atoms with E-state index in [0.717, 1.165) is 23.5 Å². The van der Waals surface area contributed by atoms with E-state index < -0.39 is 0 Å². The molecule has 0 radical (unpaired) electrons. The lowest BCUT2D eigenvalue weighted by Crippen LogP contribution is -2.24. The first-order chi connectivity index (χ1) is 12.7. The average Bonchev–Trinajstić information content (AvgIpc) is 2.68. The fraction of sp³-hybridized carbons (Fsp3) is 0.190. The maximum atomic E-state index is 12.5. The molecule has 5 heteroatoms. The first-order valence-corrected chi connectivity index (χ1v) is 8.64. The van der Waals surface area contributed by atoms with Crippen LogP contribution in [0.5, 0.6) is 0 Å². The van der Waals surface area contributed by atoms with Gasteiger partial charge in [0.2, 0.25) is 0 Å². The quantitative estimate of drug-likeness (QED) is 0.736. The predicted molar refractivity (Wildman–Crippen MR) is 104 cm³/mol. The zero-order valence-corrected chi connectivity index (χ0v) is 15.0. The molecule has 0 saturated carbocycles. The number of carbonyl (C=O) groups excluding carboxylic acids is 1. The first-order valence-electron chi connectivity index (χ1n) is 8.64. The van der Waals surface area contributed by atoms with Crippen molar-refractivity contribution in [2.75, 3.05) is 11.4 Å². The molecule has 0 unspecified atom stereocenters. The van der Waals surface area contributed by atoms with Crippen molar-refractivity contribution >= 4 is 17.3 Å². The number of aryl methyl sites for hydroxylation is 1. The van der Waals surface area contributed by atoms with Gasteiger partial charge in [-0.25, -0.2) is 0 Å². The van der Waals surface area contributed by atoms with Crippen LogP contribution in [0.15, 0.2) is 67.1 Å². The summed E-state index contributed by atoms with van der Waals surface area (Å²) in [5.41, 5.74) is 4.65. The van der Waals surface area contributed by atoms with Gasteiger partial charge in [-0.1, -0.05) is 12.1 Å². The molecule has 0 atom stereocenters. The molecular formula is C21H22N4O. The van der Waals surface area contributed by atoms with E-state index in [-0.39, 0.29) is 5.91 Å². The second kappa shape index (κ2) is 8.25. The fourth-order valence-corrected chi connectivity index (χ4v) is 2.80. The summed E-state index contributed by atoms with van der Waals surface area (Å²) in [6.07, 6.45) is 5.10. The normalized spacial score (nSPS) is 10.4. The van der Waals surface area contributed by atoms with Gasteiger partial charge >= 0.3 is 0 Å². The second-order valence-corrected chi connectivity index (χ2v) is 6.02. The van der Waals surface area contributed by atoms with Crippen LogP contribution in [0.25, 0.3) is 0 Å². The van der Waals surface area contributed by atoms with Crippen molar-refractivity contribution < 1.29 is 4.79 Å². The number of carbonyl (C=O) groups is 1. The van der Waals surface area contributed by atoms with Gasteiger partial charge < -0.3 is 10.2 Å². The summed E-state index contributed by atoms with van der Waals surface area (Å²) >= 11 is 0. The Balaban J connectivity index is 1.77. The molecule has 26 heavy (non-hydrogen) atoms. The third-order valence-electron chi connectivity index (χ3n) is 4.12. The topological polar surface area (TPSA) is 58.1 Å². The number of pyridine rings is 2. The van der Waals surface area contributed by atoms with Gasteiger partial charge in [-0.05, 0) is 61.4 Å². The molecule has 0 aliphatic heterocycles. The molecule has 2 heterocycles. The third kappa shape index (κ3) is 4.25. The smallest absolute Gasteiger partial charge is 0.270 e. The lowest BCUT2D eigenvalue weighted by Gasteiger charge is -2.24. The fourth-order valence-electron chi connectivity index (χ4n) is 2.80. The van der Waals surface area contributed by atoms with Gasteiger partial charge in [-0.2, -0.15) is 0 Å². The van der Waals surface area contributed by atoms with E-state index in [1.807, 2.05) is 30.3 Å². The van der Waals surface area contributed by atoms with E-state index >= 15 is 0 Å². The molecule has 2 aromatic heterocycles. The molecule has 3 rings (SSSR count). The SMILES string of the molecule is CCN(c1cccc(C)c1)c1ccnc(C(=O)NCc2ccncc2)c1. The van der Waals surface area contributed by atoms with E-state index in [2.05, 4.69) is 52.2 Å². The number of benzene rings is 1. The predicted octanol–water partition coefficient (Wildman–Crippen LogP) is 3.87. The molecule has 1 N–H and O–H groups in total. The minimum atomic E-state index is -0.191. The summed E-state index contributed by atoms with van der Waals surface area (Å²) in [7, 11) is 0. The van der Waals surface area contributed by atoms with Crippen LogP contribution < -0.4 is 10.2 Å². The molecule has 5 nitrogen and oxygen atoms in total. The number of rotatable bonds is 6. The standard InChI is InChI=1S/C21H22N4O/c1-3-25(18-6-4-5-16(2)13-18)19-9-12-23-20(14-19)21(26)24-15-17-7-10-22-11-8-17/h4-14H,3,15H2,1-2H3,(H,24,26). The Kier molecular flexibility index (Phi) is 5.59. The van der Waals surface area contributed by atoms with E-state index in [1.165, 1.54) is 5.56 Å². The number of hydrogen-bond donors (Lipinski definition) is 1. The largest absolute Gasteiger partial charge is 0.347 e. The molecule has 1 aromatic carbocycles. The minimum Gasteiger partial charge on any atom is -0.347 e. The Morgan fingerprint density at radius 2 is 1.81 bits per heavy atom. The summed E-state index contributed by atoms with van der Waals surface area (Å²) in [5, 5.41) is 2.90. The van der Waals surface area contributed by atoms with Crippen LogP contribution in [0, 0.1) is 6.92 Å². The Bertz CT molecular complexity index is 880. The number of aromatic nitrogens is 2. The Labute approximate surface area is 153 Å². The average molecular weight is 346 g/mol. The third-order valence-corrected chi connectivity index (χ3v) is 4.12. The molecule has 132 valence electrons. The van der Waals surface area contributed by atoms with Crippen LogP contribution in [-0.4, -0.2) is 22.4 Å². The van der Waals surface area contributed by atoms with Crippen molar-refractivity contribution in [3.63, 3.8) is 0 Å². The Morgan fingerprint density at radius 1 is 1.04 bits per heavy atom. The zero-order valence-electron chi connectivity index (χ0n) is 15.0. The van der Waals surface area contributed by atoms with Gasteiger partial charge in [-0.15, -0.1) is 0 Å². The van der Waals surface area contributed by atoms with Gasteiger partial charge in [0.15, 0.2) is 0 Å². The first kappa shape index (κ1) is 17.6. The van der Waals surface area contributed by atoms with E-state index in [1.54, 1.807) is 18.6 Å². The van der Waals surface area contributed by atoms with Crippen molar-refractivity contribution in [2.24, 2.45) is 0 Å². The molecular weight excluding hydrogens is 324 g/mol. The summed E-state index contributed by atoms with van der Waals surface area (Å²) in [6.45, 7) is 5.40. The van der Waals surface area contributed by atoms with E-state index in [4.69, 9.17) is 0 Å². The molecule has 1 amide bonds. The zero-order chi connectivity index (χ0) is 18.4. The molecule has 0 aliphatic rings. The van der Waals surface area contributed by atoms with Gasteiger partial charge in [-0.3, -0.25) is 14.8 Å². The summed E-state index contributed by atoms with van der Waals surface area (Å²) in [5.74, 6) is -0.191. The van der Waals surface area contributed by atoms with E-state index in [9.17, 15) is 4.79 Å². The highest BCUT2D eigenvalue weighted by molar-refractivity contribution is 5.93. The second-order valence-electron chi connectivity index (χ2n) is 6.02. The van der Waals surface area contributed by atoms with Crippen LogP contribution in [0.1, 0.15) is 28.5 Å². The number of nitrogens with one attached hydrogen (secondary N) is 1. The minimum absolute atomic E-state index is 0.191. The summed E-state index contributed by atoms with van der Waals surface area (Å²) in [4.78, 5) is 22.8. The number of anilines is 2. The molecule has 0 aliphatic carbocycles. The van der Waals surface area contributed by atoms with Crippen molar-refractivity contribution in [1.82, 2.24) is 15.3 Å². The molecule has 0 bridgehead atoms. The van der Waals surface area contributed by atoms with Gasteiger partial charge in [0.1, 0.15) is 5.69 Å². The number of hydrogen-bond acceptors (Lipinski definition) is 4. The highest BCUT2D eigenvalue weighted by atomic mass is 16.1.